The first kappa shape index (κ1) is 14.0. The van der Waals surface area contributed by atoms with Crippen LogP contribution in [0.4, 0.5) is 5.82 Å². The van der Waals surface area contributed by atoms with E-state index in [0.29, 0.717) is 6.54 Å². The van der Waals surface area contributed by atoms with Gasteiger partial charge in [0, 0.05) is 11.6 Å². The fourth-order valence-electron chi connectivity index (χ4n) is 2.39. The highest BCUT2D eigenvalue weighted by atomic mass is 32.1. The Morgan fingerprint density at radius 2 is 2.14 bits per heavy atom. The van der Waals surface area contributed by atoms with E-state index < -0.39 is 0 Å². The molecule has 1 aromatic carbocycles. The normalized spacial score (nSPS) is 12.5. The first-order chi connectivity index (χ1) is 10.3. The number of aryl methyl sites for hydroxylation is 1. The summed E-state index contributed by atoms with van der Waals surface area (Å²) >= 11 is 1.53. The highest BCUT2D eigenvalue weighted by molar-refractivity contribution is 7.13. The topological polar surface area (TPSA) is 63.8 Å². The van der Waals surface area contributed by atoms with Gasteiger partial charge in [-0.05, 0) is 55.2 Å². The number of nitrogens with zero attached hydrogens (tertiary/aromatic N) is 2. The molecule has 108 valence electrons. The van der Waals surface area contributed by atoms with E-state index in [1.807, 2.05) is 30.5 Å². The highest BCUT2D eigenvalue weighted by Crippen LogP contribution is 2.30. The minimum Gasteiger partial charge on any atom is -0.362 e. The van der Waals surface area contributed by atoms with Crippen LogP contribution in [0, 0.1) is 6.92 Å². The van der Waals surface area contributed by atoms with Crippen LogP contribution in [-0.4, -0.2) is 15.9 Å². The van der Waals surface area contributed by atoms with Crippen molar-refractivity contribution in [2.24, 2.45) is 5.73 Å². The lowest BCUT2D eigenvalue weighted by atomic mass is 10.1. The smallest absolute Gasteiger partial charge is 0.126 e. The zero-order valence-corrected chi connectivity index (χ0v) is 12.7. The van der Waals surface area contributed by atoms with Crippen molar-refractivity contribution in [3.05, 3.63) is 53.9 Å². The fraction of sp³-hybridized carbons (Fsp3) is 0.250. The first-order valence-corrected chi connectivity index (χ1v) is 7.79. The quantitative estimate of drug-likeness (QED) is 0.756. The summed E-state index contributed by atoms with van der Waals surface area (Å²) in [6, 6.07) is 12.4. The number of aromatic nitrogens is 2. The third kappa shape index (κ3) is 3.04. The maximum Gasteiger partial charge on any atom is 0.126 e. The summed E-state index contributed by atoms with van der Waals surface area (Å²) in [6.07, 6.45) is 2.64. The van der Waals surface area contributed by atoms with Crippen molar-refractivity contribution in [3.8, 4) is 0 Å². The number of nitrogens with one attached hydrogen (secondary N) is 1. The van der Waals surface area contributed by atoms with Crippen molar-refractivity contribution in [2.75, 3.05) is 11.9 Å². The third-order valence-corrected chi connectivity index (χ3v) is 4.27. The summed E-state index contributed by atoms with van der Waals surface area (Å²) in [5.74, 6) is 0.866. The summed E-state index contributed by atoms with van der Waals surface area (Å²) in [6.45, 7) is 2.67. The van der Waals surface area contributed by atoms with Crippen molar-refractivity contribution in [1.82, 2.24) is 9.36 Å². The van der Waals surface area contributed by atoms with Gasteiger partial charge in [0.1, 0.15) is 5.82 Å². The molecule has 0 saturated carbocycles. The first-order valence-electron chi connectivity index (χ1n) is 7.01. The number of nitrogens with two attached hydrogens (primary N) is 1. The van der Waals surface area contributed by atoms with Gasteiger partial charge in [-0.3, -0.25) is 0 Å². The standard InChI is InChI=1S/C16H18N4S/c1-11-7-9-18-15(10-11)19-13(6-8-17)16-12-4-2-3-5-14(12)21-20-16/h2-5,7,9-10,13H,6,8,17H2,1H3,(H,18,19). The molecular formula is C16H18N4S. The van der Waals surface area contributed by atoms with E-state index in [9.17, 15) is 0 Å². The summed E-state index contributed by atoms with van der Waals surface area (Å²) in [5.41, 5.74) is 8.02. The Labute approximate surface area is 128 Å². The van der Waals surface area contributed by atoms with Crippen molar-refractivity contribution >= 4 is 27.4 Å². The lowest BCUT2D eigenvalue weighted by Crippen LogP contribution is -2.16. The van der Waals surface area contributed by atoms with Crippen molar-refractivity contribution in [3.63, 3.8) is 0 Å². The molecule has 0 saturated heterocycles. The summed E-state index contributed by atoms with van der Waals surface area (Å²) in [4.78, 5) is 4.38. The average Bonchev–Trinajstić information content (AvgIpc) is 2.91. The predicted octanol–water partition coefficient (Wildman–Crippen LogP) is 3.50. The second-order valence-corrected chi connectivity index (χ2v) is 5.86. The number of pyridine rings is 1. The second kappa shape index (κ2) is 6.20. The molecule has 0 fully saturated rings. The van der Waals surface area contributed by atoms with Gasteiger partial charge in [0.2, 0.25) is 0 Å². The van der Waals surface area contributed by atoms with Gasteiger partial charge in [-0.15, -0.1) is 0 Å². The molecule has 4 nitrogen and oxygen atoms in total. The average molecular weight is 298 g/mol. The Balaban J connectivity index is 1.94. The van der Waals surface area contributed by atoms with Gasteiger partial charge in [-0.1, -0.05) is 18.2 Å². The monoisotopic (exact) mass is 298 g/mol. The largest absolute Gasteiger partial charge is 0.362 e. The van der Waals surface area contributed by atoms with Gasteiger partial charge in [0.25, 0.3) is 0 Å². The SMILES string of the molecule is Cc1ccnc(NC(CCN)c2nsc3ccccc23)c1. The van der Waals surface area contributed by atoms with Gasteiger partial charge in [0.15, 0.2) is 0 Å². The molecule has 21 heavy (non-hydrogen) atoms. The molecule has 0 amide bonds. The summed E-state index contributed by atoms with van der Waals surface area (Å²) in [5, 5.41) is 4.66. The van der Waals surface area contributed by atoms with Crippen LogP contribution in [0.15, 0.2) is 42.6 Å². The van der Waals surface area contributed by atoms with Crippen molar-refractivity contribution in [1.29, 1.82) is 0 Å². The Morgan fingerprint density at radius 1 is 1.29 bits per heavy atom. The molecule has 1 atom stereocenters. The van der Waals surface area contributed by atoms with Crippen LogP contribution in [0.5, 0.6) is 0 Å². The molecule has 0 spiro atoms. The molecular weight excluding hydrogens is 280 g/mol. The number of hydrogen-bond acceptors (Lipinski definition) is 5. The minimum absolute atomic E-state index is 0.0837. The highest BCUT2D eigenvalue weighted by Gasteiger charge is 2.17. The Kier molecular flexibility index (Phi) is 4.13. The van der Waals surface area contributed by atoms with E-state index in [4.69, 9.17) is 5.73 Å². The van der Waals surface area contributed by atoms with Gasteiger partial charge in [0.05, 0.1) is 16.4 Å². The summed E-state index contributed by atoms with van der Waals surface area (Å²) in [7, 11) is 0. The number of hydrogen-bond donors (Lipinski definition) is 2. The van der Waals surface area contributed by atoms with E-state index in [0.717, 1.165) is 17.9 Å². The van der Waals surface area contributed by atoms with Crippen LogP contribution in [0.25, 0.3) is 10.1 Å². The van der Waals surface area contributed by atoms with Crippen LogP contribution < -0.4 is 11.1 Å². The van der Waals surface area contributed by atoms with E-state index in [-0.39, 0.29) is 6.04 Å². The molecule has 0 radical (unpaired) electrons. The van der Waals surface area contributed by atoms with Crippen LogP contribution in [0.3, 0.4) is 0 Å². The molecule has 1 unspecified atom stereocenters. The van der Waals surface area contributed by atoms with Crippen LogP contribution in [-0.2, 0) is 0 Å². The number of rotatable bonds is 5. The summed E-state index contributed by atoms with van der Waals surface area (Å²) < 4.78 is 5.83. The van der Waals surface area contributed by atoms with Crippen LogP contribution in [0.1, 0.15) is 23.7 Å². The Bertz CT molecular complexity index is 738. The van der Waals surface area contributed by atoms with Gasteiger partial charge in [-0.2, -0.15) is 4.37 Å². The molecule has 5 heteroatoms. The van der Waals surface area contributed by atoms with Crippen molar-refractivity contribution < 1.29 is 0 Å². The maximum absolute atomic E-state index is 5.78. The zero-order chi connectivity index (χ0) is 14.7. The zero-order valence-electron chi connectivity index (χ0n) is 11.9. The molecule has 2 aromatic heterocycles. The predicted molar refractivity (Wildman–Crippen MR) is 88.6 cm³/mol. The third-order valence-electron chi connectivity index (χ3n) is 3.43. The maximum atomic E-state index is 5.78. The molecule has 0 bridgehead atoms. The molecule has 0 aliphatic carbocycles. The number of anilines is 1. The lowest BCUT2D eigenvalue weighted by molar-refractivity contribution is 0.692. The van der Waals surface area contributed by atoms with Crippen LogP contribution >= 0.6 is 11.5 Å². The van der Waals surface area contributed by atoms with E-state index in [1.54, 1.807) is 0 Å². The van der Waals surface area contributed by atoms with Gasteiger partial charge in [-0.25, -0.2) is 4.98 Å². The number of benzene rings is 1. The lowest BCUT2D eigenvalue weighted by Gasteiger charge is -2.17. The fourth-order valence-corrected chi connectivity index (χ4v) is 3.23. The van der Waals surface area contributed by atoms with Gasteiger partial charge >= 0.3 is 0 Å². The van der Waals surface area contributed by atoms with Crippen molar-refractivity contribution in [2.45, 2.75) is 19.4 Å². The van der Waals surface area contributed by atoms with E-state index in [2.05, 4.69) is 33.7 Å². The van der Waals surface area contributed by atoms with Gasteiger partial charge < -0.3 is 11.1 Å². The van der Waals surface area contributed by atoms with E-state index in [1.165, 1.54) is 27.2 Å². The molecule has 2 heterocycles. The molecule has 0 aliphatic rings. The minimum atomic E-state index is 0.0837. The second-order valence-electron chi connectivity index (χ2n) is 5.06. The Morgan fingerprint density at radius 3 is 2.95 bits per heavy atom. The number of fused-ring (bicyclic) bond motifs is 1. The molecule has 3 N–H and O–H groups in total. The van der Waals surface area contributed by atoms with E-state index >= 15 is 0 Å². The van der Waals surface area contributed by atoms with Crippen LogP contribution in [0.2, 0.25) is 0 Å². The Hall–Kier alpha value is -1.98. The molecule has 3 aromatic rings. The molecule has 3 rings (SSSR count). The molecule has 0 aliphatic heterocycles.